The van der Waals surface area contributed by atoms with Gasteiger partial charge in [0.05, 0.1) is 12.1 Å². The van der Waals surface area contributed by atoms with E-state index in [0.717, 1.165) is 6.92 Å². The molecule has 1 heterocycles. The molecule has 6 nitrogen and oxygen atoms in total. The molecule has 0 saturated carbocycles. The second kappa shape index (κ2) is 5.67. The number of carbonyl (C=O) groups excluding carboxylic acids is 1. The lowest BCUT2D eigenvalue weighted by Crippen LogP contribution is -2.46. The SMILES string of the molecule is CC(O)(CNC(=O)c1cnc(Cl)c2ccccc12)C(=O)O. The van der Waals surface area contributed by atoms with Crippen molar-refractivity contribution >= 4 is 34.2 Å². The van der Waals surface area contributed by atoms with E-state index in [9.17, 15) is 14.7 Å². The molecule has 0 aliphatic heterocycles. The number of aliphatic hydroxyl groups is 1. The van der Waals surface area contributed by atoms with Gasteiger partial charge >= 0.3 is 5.97 Å². The second-order valence-corrected chi connectivity index (χ2v) is 5.13. The van der Waals surface area contributed by atoms with E-state index in [1.54, 1.807) is 24.3 Å². The summed E-state index contributed by atoms with van der Waals surface area (Å²) >= 11 is 5.96. The number of halogens is 1. The van der Waals surface area contributed by atoms with E-state index in [2.05, 4.69) is 10.3 Å². The lowest BCUT2D eigenvalue weighted by atomic mass is 10.1. The number of aliphatic carboxylic acids is 1. The zero-order valence-corrected chi connectivity index (χ0v) is 11.9. The number of fused-ring (bicyclic) bond motifs is 1. The molecule has 0 radical (unpaired) electrons. The molecule has 7 heteroatoms. The average molecular weight is 309 g/mol. The molecule has 3 N–H and O–H groups in total. The lowest BCUT2D eigenvalue weighted by molar-refractivity contribution is -0.155. The smallest absolute Gasteiger partial charge is 0.337 e. The van der Waals surface area contributed by atoms with Gasteiger partial charge in [0.15, 0.2) is 5.60 Å². The Morgan fingerprint density at radius 1 is 1.33 bits per heavy atom. The first-order valence-corrected chi connectivity index (χ1v) is 6.48. The average Bonchev–Trinajstić information content (AvgIpc) is 2.45. The molecule has 110 valence electrons. The number of amides is 1. The van der Waals surface area contributed by atoms with E-state index in [1.807, 2.05) is 0 Å². The molecule has 0 saturated heterocycles. The van der Waals surface area contributed by atoms with Gasteiger partial charge in [0, 0.05) is 11.6 Å². The number of hydrogen-bond acceptors (Lipinski definition) is 4. The summed E-state index contributed by atoms with van der Waals surface area (Å²) in [4.78, 5) is 26.9. The minimum absolute atomic E-state index is 0.260. The highest BCUT2D eigenvalue weighted by molar-refractivity contribution is 6.34. The van der Waals surface area contributed by atoms with Crippen LogP contribution >= 0.6 is 11.6 Å². The van der Waals surface area contributed by atoms with Crippen molar-refractivity contribution in [3.8, 4) is 0 Å². The Balaban J connectivity index is 2.29. The molecule has 1 amide bonds. The normalized spacial score (nSPS) is 13.7. The Morgan fingerprint density at radius 3 is 2.57 bits per heavy atom. The lowest BCUT2D eigenvalue weighted by Gasteiger charge is -2.18. The molecule has 1 aromatic carbocycles. The van der Waals surface area contributed by atoms with Crippen molar-refractivity contribution < 1.29 is 19.8 Å². The first-order chi connectivity index (χ1) is 9.83. The Bertz CT molecular complexity index is 715. The van der Waals surface area contributed by atoms with Crippen LogP contribution in [-0.2, 0) is 4.79 Å². The van der Waals surface area contributed by atoms with Crippen molar-refractivity contribution in [2.45, 2.75) is 12.5 Å². The monoisotopic (exact) mass is 308 g/mol. The van der Waals surface area contributed by atoms with Crippen molar-refractivity contribution in [1.29, 1.82) is 0 Å². The molecule has 1 atom stereocenters. The molecule has 2 aromatic rings. The Labute approximate surface area is 125 Å². The molecular formula is C14H13ClN2O4. The van der Waals surface area contributed by atoms with Crippen LogP contribution in [0.1, 0.15) is 17.3 Å². The molecule has 0 bridgehead atoms. The van der Waals surface area contributed by atoms with Crippen LogP contribution in [-0.4, -0.2) is 39.2 Å². The molecule has 2 rings (SSSR count). The highest BCUT2D eigenvalue weighted by Crippen LogP contribution is 2.24. The van der Waals surface area contributed by atoms with Crippen molar-refractivity contribution in [3.05, 3.63) is 41.2 Å². The number of nitrogens with one attached hydrogen (secondary N) is 1. The zero-order chi connectivity index (χ0) is 15.6. The summed E-state index contributed by atoms with van der Waals surface area (Å²) in [6.45, 7) is 0.686. The quantitative estimate of drug-likeness (QED) is 0.742. The summed E-state index contributed by atoms with van der Waals surface area (Å²) in [5, 5.41) is 22.3. The summed E-state index contributed by atoms with van der Waals surface area (Å²) in [5.74, 6) is -1.95. The maximum Gasteiger partial charge on any atom is 0.337 e. The van der Waals surface area contributed by atoms with Crippen LogP contribution in [0, 0.1) is 0 Å². The van der Waals surface area contributed by atoms with Crippen LogP contribution in [0.4, 0.5) is 0 Å². The van der Waals surface area contributed by atoms with Crippen molar-refractivity contribution in [2.75, 3.05) is 6.54 Å². The summed E-state index contributed by atoms with van der Waals surface area (Å²) in [6, 6.07) is 6.97. The first-order valence-electron chi connectivity index (χ1n) is 6.10. The molecule has 0 fully saturated rings. The largest absolute Gasteiger partial charge is 0.479 e. The second-order valence-electron chi connectivity index (χ2n) is 4.77. The third kappa shape index (κ3) is 3.12. The summed E-state index contributed by atoms with van der Waals surface area (Å²) in [7, 11) is 0. The molecule has 21 heavy (non-hydrogen) atoms. The van der Waals surface area contributed by atoms with Crippen molar-refractivity contribution in [3.63, 3.8) is 0 Å². The highest BCUT2D eigenvalue weighted by atomic mass is 35.5. The molecule has 1 unspecified atom stereocenters. The Morgan fingerprint density at radius 2 is 1.95 bits per heavy atom. The third-order valence-electron chi connectivity index (χ3n) is 3.05. The van der Waals surface area contributed by atoms with Gasteiger partial charge in [-0.2, -0.15) is 0 Å². The molecule has 1 aromatic heterocycles. The number of hydrogen-bond donors (Lipinski definition) is 3. The number of aromatic nitrogens is 1. The predicted molar refractivity (Wildman–Crippen MR) is 77.3 cm³/mol. The minimum Gasteiger partial charge on any atom is -0.479 e. The van der Waals surface area contributed by atoms with E-state index in [4.69, 9.17) is 16.7 Å². The fraction of sp³-hybridized carbons (Fsp3) is 0.214. The van der Waals surface area contributed by atoms with Gasteiger partial charge in [-0.3, -0.25) is 4.79 Å². The van der Waals surface area contributed by atoms with Crippen molar-refractivity contribution in [1.82, 2.24) is 10.3 Å². The van der Waals surface area contributed by atoms with Gasteiger partial charge < -0.3 is 15.5 Å². The van der Waals surface area contributed by atoms with Crippen LogP contribution in [0.15, 0.2) is 30.5 Å². The van der Waals surface area contributed by atoms with Gasteiger partial charge in [0.2, 0.25) is 0 Å². The molecular weight excluding hydrogens is 296 g/mol. The van der Waals surface area contributed by atoms with E-state index >= 15 is 0 Å². The number of carboxylic acids is 1. The summed E-state index contributed by atoms with van der Waals surface area (Å²) in [5.41, 5.74) is -1.78. The topological polar surface area (TPSA) is 99.5 Å². The van der Waals surface area contributed by atoms with Crippen LogP contribution in [0.25, 0.3) is 10.8 Å². The number of nitrogens with zero attached hydrogens (tertiary/aromatic N) is 1. The highest BCUT2D eigenvalue weighted by Gasteiger charge is 2.30. The number of benzene rings is 1. The van der Waals surface area contributed by atoms with E-state index < -0.39 is 24.0 Å². The molecule has 0 aliphatic rings. The van der Waals surface area contributed by atoms with Gasteiger partial charge in [0.1, 0.15) is 5.15 Å². The van der Waals surface area contributed by atoms with E-state index in [1.165, 1.54) is 6.20 Å². The van der Waals surface area contributed by atoms with Crippen LogP contribution in [0.3, 0.4) is 0 Å². The summed E-state index contributed by atoms with van der Waals surface area (Å²) < 4.78 is 0. The number of pyridine rings is 1. The first kappa shape index (κ1) is 15.2. The summed E-state index contributed by atoms with van der Waals surface area (Å²) in [6.07, 6.45) is 1.31. The minimum atomic E-state index is -2.04. The van der Waals surface area contributed by atoms with Gasteiger partial charge in [-0.05, 0) is 12.3 Å². The van der Waals surface area contributed by atoms with Gasteiger partial charge in [-0.1, -0.05) is 35.9 Å². The van der Waals surface area contributed by atoms with Crippen molar-refractivity contribution in [2.24, 2.45) is 0 Å². The fourth-order valence-corrected chi connectivity index (χ4v) is 1.98. The van der Waals surface area contributed by atoms with Gasteiger partial charge in [-0.25, -0.2) is 9.78 Å². The van der Waals surface area contributed by atoms with Crippen LogP contribution < -0.4 is 5.32 Å². The maximum absolute atomic E-state index is 12.1. The Hall–Kier alpha value is -2.18. The van der Waals surface area contributed by atoms with Gasteiger partial charge in [0.25, 0.3) is 5.91 Å². The predicted octanol–water partition coefficient (Wildman–Crippen LogP) is 1.45. The molecule has 0 aliphatic carbocycles. The van der Waals surface area contributed by atoms with Crippen LogP contribution in [0.2, 0.25) is 5.15 Å². The van der Waals surface area contributed by atoms with E-state index in [0.29, 0.717) is 10.8 Å². The fourth-order valence-electron chi connectivity index (χ4n) is 1.76. The number of carbonyl (C=O) groups is 2. The maximum atomic E-state index is 12.1. The van der Waals surface area contributed by atoms with Crippen LogP contribution in [0.5, 0.6) is 0 Å². The van der Waals surface area contributed by atoms with Gasteiger partial charge in [-0.15, -0.1) is 0 Å². The standard InChI is InChI=1S/C14H13ClN2O4/c1-14(21,13(19)20)7-17-12(18)10-6-16-11(15)9-5-3-2-4-8(9)10/h2-6,21H,7H2,1H3,(H,17,18)(H,19,20). The third-order valence-corrected chi connectivity index (χ3v) is 3.35. The number of carboxylic acid groups (broad SMARTS) is 1. The Kier molecular flexibility index (Phi) is 4.11. The number of rotatable bonds is 4. The molecule has 0 spiro atoms. The van der Waals surface area contributed by atoms with E-state index in [-0.39, 0.29) is 10.7 Å². The zero-order valence-electron chi connectivity index (χ0n) is 11.1.